The van der Waals surface area contributed by atoms with E-state index < -0.39 is 5.92 Å². The van der Waals surface area contributed by atoms with Crippen LogP contribution in [0.25, 0.3) is 0 Å². The van der Waals surface area contributed by atoms with Crippen LogP contribution in [0.1, 0.15) is 24.8 Å². The van der Waals surface area contributed by atoms with Gasteiger partial charge in [0.15, 0.2) is 28.8 Å². The molecule has 0 radical (unpaired) electrons. The van der Waals surface area contributed by atoms with Crippen LogP contribution in [-0.2, 0) is 20.8 Å². The number of carbonyl (C=O) groups excluding carboxylic acids is 3. The Hall–Kier alpha value is -2.17. The number of hydrogen-bond acceptors (Lipinski definition) is 5. The van der Waals surface area contributed by atoms with Crippen molar-refractivity contribution in [2.75, 3.05) is 6.79 Å². The van der Waals surface area contributed by atoms with E-state index in [1.54, 1.807) is 6.07 Å². The van der Waals surface area contributed by atoms with Crippen LogP contribution in [0.2, 0.25) is 0 Å². The Morgan fingerprint density at radius 3 is 2.55 bits per heavy atom. The highest BCUT2D eigenvalue weighted by atomic mass is 16.7. The lowest BCUT2D eigenvalue weighted by atomic mass is 9.95. The predicted molar refractivity (Wildman–Crippen MR) is 68.6 cm³/mol. The summed E-state index contributed by atoms with van der Waals surface area (Å²) in [4.78, 5) is 35.0. The maximum atomic E-state index is 12.0. The van der Waals surface area contributed by atoms with Crippen molar-refractivity contribution in [1.82, 2.24) is 0 Å². The second kappa shape index (κ2) is 5.07. The van der Waals surface area contributed by atoms with Gasteiger partial charge in [-0.05, 0) is 24.1 Å². The molecule has 0 N–H and O–H groups in total. The Kier molecular flexibility index (Phi) is 3.26. The molecule has 0 saturated heterocycles. The zero-order valence-electron chi connectivity index (χ0n) is 10.9. The summed E-state index contributed by atoms with van der Waals surface area (Å²) in [6, 6.07) is 5.49. The summed E-state index contributed by atoms with van der Waals surface area (Å²) in [7, 11) is 0. The Balaban J connectivity index is 1.63. The van der Waals surface area contributed by atoms with Gasteiger partial charge in [-0.25, -0.2) is 0 Å². The SMILES string of the molecule is O=C1CCC(=O)C1C(=O)CCc1ccc2c(c1)OCO2. The number of carbonyl (C=O) groups is 3. The molecule has 20 heavy (non-hydrogen) atoms. The molecule has 5 heteroatoms. The van der Waals surface area contributed by atoms with E-state index in [4.69, 9.17) is 9.47 Å². The largest absolute Gasteiger partial charge is 0.454 e. The summed E-state index contributed by atoms with van der Waals surface area (Å²) in [5, 5.41) is 0. The van der Waals surface area contributed by atoms with Crippen LogP contribution in [0.15, 0.2) is 18.2 Å². The topological polar surface area (TPSA) is 69.7 Å². The van der Waals surface area contributed by atoms with Crippen LogP contribution in [0.3, 0.4) is 0 Å². The Labute approximate surface area is 115 Å². The number of benzene rings is 1. The number of fused-ring (bicyclic) bond motifs is 1. The van der Waals surface area contributed by atoms with Gasteiger partial charge in [0.05, 0.1) is 0 Å². The highest BCUT2D eigenvalue weighted by Gasteiger charge is 2.37. The minimum Gasteiger partial charge on any atom is -0.454 e. The zero-order chi connectivity index (χ0) is 14.1. The zero-order valence-corrected chi connectivity index (χ0v) is 10.9. The standard InChI is InChI=1S/C15H14O5/c16-10(15-11(17)4-5-12(15)18)3-1-9-2-6-13-14(7-9)20-8-19-13/h2,6-7,15H,1,3-5,8H2. The smallest absolute Gasteiger partial charge is 0.231 e. The van der Waals surface area contributed by atoms with E-state index in [2.05, 4.69) is 0 Å². The summed E-state index contributed by atoms with van der Waals surface area (Å²) in [6.07, 6.45) is 1.10. The van der Waals surface area contributed by atoms with Gasteiger partial charge in [-0.15, -0.1) is 0 Å². The Morgan fingerprint density at radius 2 is 1.80 bits per heavy atom. The average molecular weight is 274 g/mol. The molecule has 5 nitrogen and oxygen atoms in total. The van der Waals surface area contributed by atoms with Crippen LogP contribution >= 0.6 is 0 Å². The molecule has 1 aliphatic heterocycles. The molecule has 3 rings (SSSR count). The minimum absolute atomic E-state index is 0.196. The Bertz CT molecular complexity index is 574. The number of ketones is 3. The number of aryl methyl sites for hydroxylation is 1. The third-order valence-corrected chi connectivity index (χ3v) is 3.68. The third-order valence-electron chi connectivity index (χ3n) is 3.68. The van der Waals surface area contributed by atoms with E-state index in [-0.39, 0.29) is 43.4 Å². The van der Waals surface area contributed by atoms with E-state index in [0.29, 0.717) is 17.9 Å². The molecule has 1 aromatic carbocycles. The van der Waals surface area contributed by atoms with Gasteiger partial charge in [0.25, 0.3) is 0 Å². The van der Waals surface area contributed by atoms with Crippen molar-refractivity contribution in [3.05, 3.63) is 23.8 Å². The van der Waals surface area contributed by atoms with Gasteiger partial charge < -0.3 is 9.47 Å². The van der Waals surface area contributed by atoms with Crippen molar-refractivity contribution in [3.63, 3.8) is 0 Å². The van der Waals surface area contributed by atoms with Crippen molar-refractivity contribution in [2.45, 2.75) is 25.7 Å². The number of rotatable bonds is 4. The molecule has 0 aromatic heterocycles. The first-order valence-corrected chi connectivity index (χ1v) is 6.62. The fourth-order valence-corrected chi connectivity index (χ4v) is 2.58. The fourth-order valence-electron chi connectivity index (χ4n) is 2.58. The molecule has 0 unspecified atom stereocenters. The summed E-state index contributed by atoms with van der Waals surface area (Å²) in [5.74, 6) is -0.375. The summed E-state index contributed by atoms with van der Waals surface area (Å²) >= 11 is 0. The molecule has 0 atom stereocenters. The predicted octanol–water partition coefficient (Wildman–Crippen LogP) is 1.47. The van der Waals surface area contributed by atoms with E-state index in [9.17, 15) is 14.4 Å². The quantitative estimate of drug-likeness (QED) is 0.777. The highest BCUT2D eigenvalue weighted by Crippen LogP contribution is 2.33. The molecule has 0 bridgehead atoms. The third kappa shape index (κ3) is 2.31. The molecule has 1 saturated carbocycles. The van der Waals surface area contributed by atoms with Gasteiger partial charge in [-0.1, -0.05) is 6.07 Å². The van der Waals surface area contributed by atoms with Crippen molar-refractivity contribution in [3.8, 4) is 11.5 Å². The first-order chi connectivity index (χ1) is 9.65. The van der Waals surface area contributed by atoms with E-state index in [1.807, 2.05) is 12.1 Å². The molecule has 0 spiro atoms. The lowest BCUT2D eigenvalue weighted by Gasteiger charge is -2.06. The van der Waals surface area contributed by atoms with E-state index >= 15 is 0 Å². The van der Waals surface area contributed by atoms with Gasteiger partial charge in [0.2, 0.25) is 6.79 Å². The molecular formula is C15H14O5. The van der Waals surface area contributed by atoms with E-state index in [0.717, 1.165) is 5.56 Å². The van der Waals surface area contributed by atoms with Crippen molar-refractivity contribution in [2.24, 2.45) is 5.92 Å². The van der Waals surface area contributed by atoms with Gasteiger partial charge >= 0.3 is 0 Å². The van der Waals surface area contributed by atoms with Crippen LogP contribution in [0.5, 0.6) is 11.5 Å². The second-order valence-corrected chi connectivity index (χ2v) is 5.02. The maximum Gasteiger partial charge on any atom is 0.231 e. The maximum absolute atomic E-state index is 12.0. The molecule has 0 amide bonds. The van der Waals surface area contributed by atoms with Crippen molar-refractivity contribution >= 4 is 17.3 Å². The molecule has 1 aliphatic carbocycles. The monoisotopic (exact) mass is 274 g/mol. The van der Waals surface area contributed by atoms with E-state index in [1.165, 1.54) is 0 Å². The minimum atomic E-state index is -1.01. The van der Waals surface area contributed by atoms with Crippen molar-refractivity contribution < 1.29 is 23.9 Å². The summed E-state index contributed by atoms with van der Waals surface area (Å²) in [6.45, 7) is 0.211. The van der Waals surface area contributed by atoms with Gasteiger partial charge in [-0.3, -0.25) is 14.4 Å². The summed E-state index contributed by atoms with van der Waals surface area (Å²) < 4.78 is 10.5. The molecule has 1 aromatic rings. The first kappa shape index (κ1) is 12.8. The number of Topliss-reactive ketones (excluding diaryl/α,β-unsaturated/α-hetero) is 3. The molecule has 1 fully saturated rings. The molecule has 1 heterocycles. The number of ether oxygens (including phenoxy) is 2. The Morgan fingerprint density at radius 1 is 1.10 bits per heavy atom. The van der Waals surface area contributed by atoms with Crippen molar-refractivity contribution in [1.29, 1.82) is 0 Å². The highest BCUT2D eigenvalue weighted by molar-refractivity contribution is 6.23. The van der Waals surface area contributed by atoms with Crippen LogP contribution in [-0.4, -0.2) is 24.1 Å². The second-order valence-electron chi connectivity index (χ2n) is 5.02. The summed E-state index contributed by atoms with van der Waals surface area (Å²) in [5.41, 5.74) is 0.931. The normalized spacial score (nSPS) is 17.8. The molecule has 104 valence electrons. The van der Waals surface area contributed by atoms with Gasteiger partial charge in [-0.2, -0.15) is 0 Å². The fraction of sp³-hybridized carbons (Fsp3) is 0.400. The van der Waals surface area contributed by atoms with Crippen LogP contribution < -0.4 is 9.47 Å². The van der Waals surface area contributed by atoms with Gasteiger partial charge in [0, 0.05) is 19.3 Å². The van der Waals surface area contributed by atoms with Crippen LogP contribution in [0, 0.1) is 5.92 Å². The average Bonchev–Trinajstić information content (AvgIpc) is 3.02. The molecule has 2 aliphatic rings. The number of hydrogen-bond donors (Lipinski definition) is 0. The van der Waals surface area contributed by atoms with Crippen LogP contribution in [0.4, 0.5) is 0 Å². The van der Waals surface area contributed by atoms with Gasteiger partial charge in [0.1, 0.15) is 5.92 Å². The lowest BCUT2D eigenvalue weighted by molar-refractivity contribution is -0.136. The lowest BCUT2D eigenvalue weighted by Crippen LogP contribution is -2.25. The molecular weight excluding hydrogens is 260 g/mol. The first-order valence-electron chi connectivity index (χ1n) is 6.62.